The van der Waals surface area contributed by atoms with Gasteiger partial charge in [0.2, 0.25) is 5.91 Å². The number of ketones is 1. The second-order valence-corrected chi connectivity index (χ2v) is 10.8. The molecule has 5 aromatic rings. The van der Waals surface area contributed by atoms with Crippen molar-refractivity contribution in [2.45, 2.75) is 38.3 Å². The number of nitrogens with zero attached hydrogens (tertiary/aromatic N) is 2. The fraction of sp³-hybridized carbons (Fsp3) is 0.176. The minimum absolute atomic E-state index is 0.0304. The number of nitrogens with two attached hydrogens (primary N) is 1. The fourth-order valence-corrected chi connectivity index (χ4v) is 6.03. The second kappa shape index (κ2) is 11.8. The van der Waals surface area contributed by atoms with Crippen LogP contribution in [-0.2, 0) is 24.2 Å². The van der Waals surface area contributed by atoms with E-state index in [4.69, 9.17) is 5.73 Å². The number of pyridine rings is 1. The van der Waals surface area contributed by atoms with Gasteiger partial charge in [0.05, 0.1) is 17.3 Å². The van der Waals surface area contributed by atoms with E-state index < -0.39 is 35.3 Å². The van der Waals surface area contributed by atoms with Gasteiger partial charge in [-0.25, -0.2) is 13.2 Å². The Morgan fingerprint density at radius 3 is 2.50 bits per heavy atom. The summed E-state index contributed by atoms with van der Waals surface area (Å²) >= 11 is 0. The summed E-state index contributed by atoms with van der Waals surface area (Å²) in [7, 11) is 0. The van der Waals surface area contributed by atoms with Crippen LogP contribution in [0.4, 0.5) is 13.2 Å². The van der Waals surface area contributed by atoms with Crippen LogP contribution in [0.3, 0.4) is 0 Å². The van der Waals surface area contributed by atoms with Crippen molar-refractivity contribution >= 4 is 28.5 Å². The molecule has 0 spiro atoms. The van der Waals surface area contributed by atoms with Crippen LogP contribution in [0.5, 0.6) is 0 Å². The number of carbonyl (C=O) groups is 3. The van der Waals surface area contributed by atoms with Crippen molar-refractivity contribution in [3.05, 3.63) is 125 Å². The minimum Gasteiger partial charge on any atom is -0.366 e. The first-order chi connectivity index (χ1) is 21.2. The van der Waals surface area contributed by atoms with E-state index in [0.717, 1.165) is 28.7 Å². The van der Waals surface area contributed by atoms with Gasteiger partial charge in [0, 0.05) is 46.4 Å². The largest absolute Gasteiger partial charge is 0.366 e. The maximum absolute atomic E-state index is 14.3. The normalized spacial score (nSPS) is 13.5. The Labute approximate surface area is 250 Å². The molecule has 3 N–H and O–H groups in total. The van der Waals surface area contributed by atoms with E-state index in [9.17, 15) is 27.6 Å². The highest BCUT2D eigenvalue weighted by atomic mass is 19.1. The quantitative estimate of drug-likeness (QED) is 0.235. The number of rotatable bonds is 8. The highest BCUT2D eigenvalue weighted by Crippen LogP contribution is 2.33. The van der Waals surface area contributed by atoms with Crippen LogP contribution >= 0.6 is 0 Å². The number of benzene rings is 3. The van der Waals surface area contributed by atoms with Crippen molar-refractivity contribution in [1.82, 2.24) is 14.9 Å². The van der Waals surface area contributed by atoms with Crippen LogP contribution in [0.15, 0.2) is 79.0 Å². The zero-order valence-corrected chi connectivity index (χ0v) is 23.4. The van der Waals surface area contributed by atoms with Crippen LogP contribution in [0, 0.1) is 17.5 Å². The average molecular weight is 597 g/mol. The molecule has 7 nitrogen and oxygen atoms in total. The SMILES string of the molecule is NC(=O)c1cc(-c2cccnc2C(Cc2cc(F)cc(F)c2)NC(=O)Cn2c3c(c4ccccc42)C(=O)CCC3)ccc1F. The lowest BCUT2D eigenvalue weighted by molar-refractivity contribution is -0.122. The first kappa shape index (κ1) is 28.9. The van der Waals surface area contributed by atoms with Gasteiger partial charge in [-0.05, 0) is 66.8 Å². The lowest BCUT2D eigenvalue weighted by atomic mass is 9.94. The van der Waals surface area contributed by atoms with E-state index in [1.165, 1.54) is 30.5 Å². The van der Waals surface area contributed by atoms with Crippen molar-refractivity contribution in [2.75, 3.05) is 0 Å². The highest BCUT2D eigenvalue weighted by Gasteiger charge is 2.28. The third kappa shape index (κ3) is 5.58. The van der Waals surface area contributed by atoms with E-state index >= 15 is 0 Å². The molecule has 1 unspecified atom stereocenters. The van der Waals surface area contributed by atoms with Crippen LogP contribution in [0.1, 0.15) is 56.6 Å². The number of hydrogen-bond donors (Lipinski definition) is 2. The summed E-state index contributed by atoms with van der Waals surface area (Å²) in [5.41, 5.74) is 8.74. The molecule has 0 radical (unpaired) electrons. The molecule has 3 aromatic carbocycles. The average Bonchev–Trinajstić information content (AvgIpc) is 3.31. The number of primary amides is 1. The van der Waals surface area contributed by atoms with Gasteiger partial charge in [-0.15, -0.1) is 0 Å². The van der Waals surface area contributed by atoms with Crippen LogP contribution in [-0.4, -0.2) is 27.1 Å². The molecule has 0 saturated heterocycles. The van der Waals surface area contributed by atoms with Gasteiger partial charge in [-0.2, -0.15) is 0 Å². The van der Waals surface area contributed by atoms with Gasteiger partial charge in [-0.3, -0.25) is 19.4 Å². The summed E-state index contributed by atoms with van der Waals surface area (Å²) in [6.45, 7) is -0.109. The van der Waals surface area contributed by atoms with Crippen molar-refractivity contribution < 1.29 is 27.6 Å². The standard InChI is InChI=1S/C34H27F3N4O3/c35-21-13-19(14-22(36)17-21)15-27(33-23(6-4-12-39-33)20-10-11-26(37)25(16-20)34(38)44)40-31(43)18-41-28-7-2-1-5-24(28)32-29(41)8-3-9-30(32)42/h1-2,4-7,10-14,16-17,27H,3,8-9,15,18H2,(H2,38,44)(H,40,43). The van der Waals surface area contributed by atoms with Gasteiger partial charge in [0.15, 0.2) is 5.78 Å². The Bertz CT molecular complexity index is 1930. The molecule has 1 aliphatic carbocycles. The number of fused-ring (bicyclic) bond motifs is 3. The predicted octanol–water partition coefficient (Wildman–Crippen LogP) is 5.84. The van der Waals surface area contributed by atoms with E-state index in [-0.39, 0.29) is 29.9 Å². The van der Waals surface area contributed by atoms with E-state index in [2.05, 4.69) is 10.3 Å². The number of halogens is 3. The Hall–Kier alpha value is -5.25. The number of Topliss-reactive ketones (excluding diaryl/α,β-unsaturated/α-hetero) is 1. The van der Waals surface area contributed by atoms with Gasteiger partial charge in [0.25, 0.3) is 5.91 Å². The Kier molecular flexibility index (Phi) is 7.73. The molecule has 0 saturated carbocycles. The molecular weight excluding hydrogens is 569 g/mol. The summed E-state index contributed by atoms with van der Waals surface area (Å²) in [6, 6.07) is 16.9. The third-order valence-electron chi connectivity index (χ3n) is 7.89. The molecule has 2 heterocycles. The van der Waals surface area contributed by atoms with Gasteiger partial charge >= 0.3 is 0 Å². The second-order valence-electron chi connectivity index (χ2n) is 10.8. The highest BCUT2D eigenvalue weighted by molar-refractivity contribution is 6.10. The maximum atomic E-state index is 14.3. The first-order valence-electron chi connectivity index (χ1n) is 14.1. The summed E-state index contributed by atoms with van der Waals surface area (Å²) in [5, 5.41) is 3.77. The van der Waals surface area contributed by atoms with Gasteiger partial charge < -0.3 is 15.6 Å². The van der Waals surface area contributed by atoms with E-state index in [1.807, 2.05) is 28.8 Å². The molecule has 10 heteroatoms. The Morgan fingerprint density at radius 2 is 1.73 bits per heavy atom. The molecule has 2 amide bonds. The van der Waals surface area contributed by atoms with Gasteiger partial charge in [0.1, 0.15) is 24.0 Å². The summed E-state index contributed by atoms with van der Waals surface area (Å²) in [6.07, 6.45) is 3.25. The molecular formula is C34H27F3N4O3. The minimum atomic E-state index is -0.948. The summed E-state index contributed by atoms with van der Waals surface area (Å²) < 4.78 is 44.5. The molecule has 44 heavy (non-hydrogen) atoms. The molecule has 0 bridgehead atoms. The zero-order valence-electron chi connectivity index (χ0n) is 23.4. The zero-order chi connectivity index (χ0) is 31.0. The molecule has 0 aliphatic heterocycles. The lowest BCUT2D eigenvalue weighted by Crippen LogP contribution is -2.34. The van der Waals surface area contributed by atoms with E-state index in [1.54, 1.807) is 12.1 Å². The molecule has 6 rings (SSSR count). The Balaban J connectivity index is 1.40. The number of amides is 2. The molecule has 1 atom stereocenters. The fourth-order valence-electron chi connectivity index (χ4n) is 6.03. The molecule has 1 aliphatic rings. The van der Waals surface area contributed by atoms with E-state index in [0.29, 0.717) is 41.6 Å². The number of aromatic nitrogens is 2. The van der Waals surface area contributed by atoms with Crippen LogP contribution < -0.4 is 11.1 Å². The smallest absolute Gasteiger partial charge is 0.251 e. The predicted molar refractivity (Wildman–Crippen MR) is 158 cm³/mol. The van der Waals surface area contributed by atoms with Crippen molar-refractivity contribution in [1.29, 1.82) is 0 Å². The number of hydrogen-bond acceptors (Lipinski definition) is 4. The molecule has 222 valence electrons. The maximum Gasteiger partial charge on any atom is 0.251 e. The molecule has 2 aromatic heterocycles. The first-order valence-corrected chi connectivity index (χ1v) is 14.1. The van der Waals surface area contributed by atoms with Gasteiger partial charge in [-0.1, -0.05) is 30.3 Å². The number of nitrogens with one attached hydrogen (secondary N) is 1. The summed E-state index contributed by atoms with van der Waals surface area (Å²) in [4.78, 5) is 43.0. The lowest BCUT2D eigenvalue weighted by Gasteiger charge is -2.23. The van der Waals surface area contributed by atoms with Crippen molar-refractivity contribution in [3.8, 4) is 11.1 Å². The Morgan fingerprint density at radius 1 is 0.955 bits per heavy atom. The van der Waals surface area contributed by atoms with Crippen LogP contribution in [0.25, 0.3) is 22.0 Å². The topological polar surface area (TPSA) is 107 Å². The van der Waals surface area contributed by atoms with Crippen LogP contribution in [0.2, 0.25) is 0 Å². The monoisotopic (exact) mass is 596 g/mol. The number of para-hydroxylation sites is 1. The molecule has 0 fully saturated rings. The van der Waals surface area contributed by atoms with Crippen molar-refractivity contribution in [3.63, 3.8) is 0 Å². The summed E-state index contributed by atoms with van der Waals surface area (Å²) in [5.74, 6) is -3.65. The van der Waals surface area contributed by atoms with Crippen molar-refractivity contribution in [2.24, 2.45) is 5.73 Å². The number of carbonyl (C=O) groups excluding carboxylic acids is 3. The third-order valence-corrected chi connectivity index (χ3v) is 7.89.